The Morgan fingerprint density at radius 3 is 2.12 bits per heavy atom. The molecule has 3 nitrogen and oxygen atoms in total. The molecule has 0 radical (unpaired) electrons. The van der Waals surface area contributed by atoms with Crippen LogP contribution in [-0.2, 0) is 0 Å². The fourth-order valence-corrected chi connectivity index (χ4v) is 1.38. The number of alkyl halides is 3. The van der Waals surface area contributed by atoms with Gasteiger partial charge in [0, 0.05) is 6.04 Å². The summed E-state index contributed by atoms with van der Waals surface area (Å²) in [5.74, 6) is -0.00711. The SMILES string of the molecule is CC(C)(C)N=C(N)N(CC(F)(F)F)C1CC1. The van der Waals surface area contributed by atoms with E-state index in [4.69, 9.17) is 5.73 Å². The first-order valence-corrected chi connectivity index (χ1v) is 5.27. The summed E-state index contributed by atoms with van der Waals surface area (Å²) in [5, 5.41) is 0. The molecule has 6 heteroatoms. The molecule has 0 aromatic rings. The molecule has 16 heavy (non-hydrogen) atoms. The summed E-state index contributed by atoms with van der Waals surface area (Å²) in [6.45, 7) is 4.40. The van der Waals surface area contributed by atoms with Crippen molar-refractivity contribution in [3.05, 3.63) is 0 Å². The molecule has 0 saturated heterocycles. The van der Waals surface area contributed by atoms with Crippen LogP contribution in [0.3, 0.4) is 0 Å². The zero-order valence-electron chi connectivity index (χ0n) is 9.80. The zero-order valence-corrected chi connectivity index (χ0v) is 9.80. The number of aliphatic imine (C=N–C) groups is 1. The molecule has 0 amide bonds. The van der Waals surface area contributed by atoms with Gasteiger partial charge in [-0.1, -0.05) is 0 Å². The standard InChI is InChI=1S/C10H18F3N3/c1-9(2,3)15-8(14)16(7-4-5-7)6-10(11,12)13/h7H,4-6H2,1-3H3,(H2,14,15). The molecule has 0 aromatic carbocycles. The molecule has 1 aliphatic rings. The molecule has 0 atom stereocenters. The molecule has 1 rings (SSSR count). The van der Waals surface area contributed by atoms with Gasteiger partial charge in [0.25, 0.3) is 0 Å². The molecule has 0 aromatic heterocycles. The smallest absolute Gasteiger partial charge is 0.370 e. The second-order valence-electron chi connectivity index (χ2n) is 5.12. The Balaban J connectivity index is 2.74. The number of halogens is 3. The Morgan fingerprint density at radius 1 is 1.31 bits per heavy atom. The van der Waals surface area contributed by atoms with E-state index in [-0.39, 0.29) is 12.0 Å². The lowest BCUT2D eigenvalue weighted by molar-refractivity contribution is -0.138. The number of nitrogens with two attached hydrogens (primary N) is 1. The van der Waals surface area contributed by atoms with Crippen LogP contribution < -0.4 is 5.73 Å². The molecule has 1 saturated carbocycles. The highest BCUT2D eigenvalue weighted by Crippen LogP contribution is 2.30. The van der Waals surface area contributed by atoms with Crippen LogP contribution in [0.1, 0.15) is 33.6 Å². The summed E-state index contributed by atoms with van der Waals surface area (Å²) in [7, 11) is 0. The summed E-state index contributed by atoms with van der Waals surface area (Å²) in [6, 6.07) is -0.0901. The van der Waals surface area contributed by atoms with Crippen molar-refractivity contribution in [1.82, 2.24) is 4.90 Å². The molecule has 94 valence electrons. The Bertz CT molecular complexity index is 274. The van der Waals surface area contributed by atoms with Gasteiger partial charge in [0.2, 0.25) is 0 Å². The van der Waals surface area contributed by atoms with E-state index in [0.29, 0.717) is 0 Å². The first-order chi connectivity index (χ1) is 7.08. The number of rotatable bonds is 2. The van der Waals surface area contributed by atoms with Crippen LogP contribution >= 0.6 is 0 Å². The predicted octanol–water partition coefficient (Wildman–Crippen LogP) is 2.13. The third-order valence-corrected chi connectivity index (χ3v) is 2.08. The van der Waals surface area contributed by atoms with Crippen molar-refractivity contribution in [2.24, 2.45) is 10.7 Å². The lowest BCUT2D eigenvalue weighted by Gasteiger charge is -2.26. The highest BCUT2D eigenvalue weighted by Gasteiger charge is 2.39. The Labute approximate surface area is 93.5 Å². The van der Waals surface area contributed by atoms with Crippen molar-refractivity contribution < 1.29 is 13.2 Å². The van der Waals surface area contributed by atoms with Gasteiger partial charge < -0.3 is 10.6 Å². The van der Waals surface area contributed by atoms with Crippen molar-refractivity contribution in [3.63, 3.8) is 0 Å². The monoisotopic (exact) mass is 237 g/mol. The lowest BCUT2D eigenvalue weighted by atomic mass is 10.1. The van der Waals surface area contributed by atoms with Gasteiger partial charge in [0.05, 0.1) is 5.54 Å². The summed E-state index contributed by atoms with van der Waals surface area (Å²) >= 11 is 0. The van der Waals surface area contributed by atoms with Crippen LogP contribution in [0.25, 0.3) is 0 Å². The Hall–Kier alpha value is -0.940. The summed E-state index contributed by atoms with van der Waals surface area (Å²) in [6.07, 6.45) is -2.71. The summed E-state index contributed by atoms with van der Waals surface area (Å²) in [4.78, 5) is 5.23. The van der Waals surface area contributed by atoms with Gasteiger partial charge in [0.15, 0.2) is 5.96 Å². The first kappa shape index (κ1) is 13.1. The third kappa shape index (κ3) is 4.72. The molecule has 0 heterocycles. The van der Waals surface area contributed by atoms with E-state index in [1.807, 2.05) is 0 Å². The van der Waals surface area contributed by atoms with Crippen molar-refractivity contribution in [1.29, 1.82) is 0 Å². The average molecular weight is 237 g/mol. The zero-order chi connectivity index (χ0) is 12.6. The first-order valence-electron chi connectivity index (χ1n) is 5.27. The van der Waals surface area contributed by atoms with Gasteiger partial charge in [-0.05, 0) is 33.6 Å². The van der Waals surface area contributed by atoms with E-state index in [1.54, 1.807) is 20.8 Å². The van der Waals surface area contributed by atoms with Crippen LogP contribution in [-0.4, -0.2) is 35.2 Å². The molecule has 2 N–H and O–H groups in total. The quantitative estimate of drug-likeness (QED) is 0.590. The molecule has 0 bridgehead atoms. The number of hydrogen-bond donors (Lipinski definition) is 1. The largest absolute Gasteiger partial charge is 0.406 e. The molecule has 0 unspecified atom stereocenters. The average Bonchev–Trinajstić information content (AvgIpc) is 2.76. The summed E-state index contributed by atoms with van der Waals surface area (Å²) in [5.41, 5.74) is 5.17. The number of nitrogens with zero attached hydrogens (tertiary/aromatic N) is 2. The molecule has 1 fully saturated rings. The molecule has 0 spiro atoms. The number of hydrogen-bond acceptors (Lipinski definition) is 1. The minimum Gasteiger partial charge on any atom is -0.370 e. The summed E-state index contributed by atoms with van der Waals surface area (Å²) < 4.78 is 37.0. The van der Waals surface area contributed by atoms with Gasteiger partial charge in [-0.15, -0.1) is 0 Å². The Kier molecular flexibility index (Phi) is 3.40. The topological polar surface area (TPSA) is 41.6 Å². The van der Waals surface area contributed by atoms with Crippen LogP contribution in [0, 0.1) is 0 Å². The maximum atomic E-state index is 12.3. The molecule has 0 aliphatic heterocycles. The Morgan fingerprint density at radius 2 is 1.81 bits per heavy atom. The van der Waals surface area contributed by atoms with E-state index < -0.39 is 18.3 Å². The van der Waals surface area contributed by atoms with E-state index in [0.717, 1.165) is 17.7 Å². The van der Waals surface area contributed by atoms with E-state index in [9.17, 15) is 13.2 Å². The van der Waals surface area contributed by atoms with Gasteiger partial charge >= 0.3 is 6.18 Å². The minimum atomic E-state index is -4.24. The second kappa shape index (κ2) is 4.14. The maximum absolute atomic E-state index is 12.3. The highest BCUT2D eigenvalue weighted by molar-refractivity contribution is 5.79. The maximum Gasteiger partial charge on any atom is 0.406 e. The van der Waals surface area contributed by atoms with Gasteiger partial charge in [-0.2, -0.15) is 13.2 Å². The molecular formula is C10H18F3N3. The van der Waals surface area contributed by atoms with E-state index >= 15 is 0 Å². The fraction of sp³-hybridized carbons (Fsp3) is 0.900. The normalized spacial score (nSPS) is 18.8. The van der Waals surface area contributed by atoms with Crippen molar-refractivity contribution >= 4 is 5.96 Å². The van der Waals surface area contributed by atoms with Crippen LogP contribution in [0.2, 0.25) is 0 Å². The number of guanidine groups is 1. The van der Waals surface area contributed by atoms with Crippen molar-refractivity contribution in [3.8, 4) is 0 Å². The van der Waals surface area contributed by atoms with Crippen molar-refractivity contribution in [2.75, 3.05) is 6.54 Å². The van der Waals surface area contributed by atoms with E-state index in [1.165, 1.54) is 0 Å². The molecular weight excluding hydrogens is 219 g/mol. The van der Waals surface area contributed by atoms with E-state index in [2.05, 4.69) is 4.99 Å². The van der Waals surface area contributed by atoms with Gasteiger partial charge in [-0.25, -0.2) is 4.99 Å². The van der Waals surface area contributed by atoms with Crippen molar-refractivity contribution in [2.45, 2.75) is 51.4 Å². The third-order valence-electron chi connectivity index (χ3n) is 2.08. The van der Waals surface area contributed by atoms with Gasteiger partial charge in [-0.3, -0.25) is 0 Å². The highest BCUT2D eigenvalue weighted by atomic mass is 19.4. The second-order valence-corrected chi connectivity index (χ2v) is 5.12. The minimum absolute atomic E-state index is 0.00711. The van der Waals surface area contributed by atoms with Crippen LogP contribution in [0.15, 0.2) is 4.99 Å². The van der Waals surface area contributed by atoms with Crippen LogP contribution in [0.4, 0.5) is 13.2 Å². The predicted molar refractivity (Wildman–Crippen MR) is 57.2 cm³/mol. The van der Waals surface area contributed by atoms with Crippen LogP contribution in [0.5, 0.6) is 0 Å². The molecule has 1 aliphatic carbocycles. The lowest BCUT2D eigenvalue weighted by Crippen LogP contribution is -2.45. The van der Waals surface area contributed by atoms with Gasteiger partial charge in [0.1, 0.15) is 6.54 Å². The fourth-order valence-electron chi connectivity index (χ4n) is 1.38.